The lowest BCUT2D eigenvalue weighted by Gasteiger charge is -2.25. The number of hydrogen-bond acceptors (Lipinski definition) is 4. The van der Waals surface area contributed by atoms with E-state index in [1.165, 1.54) is 31.1 Å². The summed E-state index contributed by atoms with van der Waals surface area (Å²) in [7, 11) is -2.20. The molecule has 2 aromatic carbocycles. The minimum Gasteiger partial charge on any atom is -0.495 e. The number of carbonyl (C=O) groups excluding carboxylic acids is 1. The molecular formula is C22H28N2O4S. The third-order valence-electron chi connectivity index (χ3n) is 5.29. The number of anilines is 1. The maximum Gasteiger partial charge on any atom is 0.241 e. The molecule has 0 heterocycles. The second kappa shape index (κ2) is 8.86. The smallest absolute Gasteiger partial charge is 0.241 e. The van der Waals surface area contributed by atoms with E-state index in [0.717, 1.165) is 29.0 Å². The molecule has 0 fully saturated rings. The van der Waals surface area contributed by atoms with Crippen LogP contribution in [0.15, 0.2) is 42.5 Å². The van der Waals surface area contributed by atoms with Gasteiger partial charge in [-0.2, -0.15) is 0 Å². The predicted molar refractivity (Wildman–Crippen MR) is 115 cm³/mol. The molecule has 1 unspecified atom stereocenters. The fourth-order valence-electron chi connectivity index (χ4n) is 3.74. The van der Waals surface area contributed by atoms with Gasteiger partial charge in [0, 0.05) is 0 Å². The molecule has 2 aromatic rings. The molecule has 0 bridgehead atoms. The average Bonchev–Trinajstić information content (AvgIpc) is 2.70. The summed E-state index contributed by atoms with van der Waals surface area (Å²) in [6.07, 6.45) is 5.68. The van der Waals surface area contributed by atoms with Crippen molar-refractivity contribution in [1.29, 1.82) is 0 Å². The Kier molecular flexibility index (Phi) is 6.47. The fourth-order valence-corrected chi connectivity index (χ4v) is 4.60. The van der Waals surface area contributed by atoms with Crippen LogP contribution < -0.4 is 14.4 Å². The molecule has 0 spiro atoms. The van der Waals surface area contributed by atoms with Crippen LogP contribution in [0.1, 0.15) is 42.5 Å². The molecule has 0 aliphatic heterocycles. The van der Waals surface area contributed by atoms with Crippen molar-refractivity contribution < 1.29 is 17.9 Å². The van der Waals surface area contributed by atoms with Crippen molar-refractivity contribution in [2.45, 2.75) is 38.6 Å². The maximum atomic E-state index is 12.7. The normalized spacial score (nSPS) is 14.6. The molecule has 1 amide bonds. The highest BCUT2D eigenvalue weighted by atomic mass is 32.2. The van der Waals surface area contributed by atoms with E-state index in [4.69, 9.17) is 4.74 Å². The summed E-state index contributed by atoms with van der Waals surface area (Å²) < 4.78 is 31.0. The van der Waals surface area contributed by atoms with Gasteiger partial charge in [0.25, 0.3) is 0 Å². The number of rotatable bonds is 7. The van der Waals surface area contributed by atoms with E-state index in [2.05, 4.69) is 17.4 Å². The first-order valence-corrected chi connectivity index (χ1v) is 11.7. The largest absolute Gasteiger partial charge is 0.495 e. The van der Waals surface area contributed by atoms with Crippen LogP contribution in [0.5, 0.6) is 5.75 Å². The van der Waals surface area contributed by atoms with E-state index < -0.39 is 10.0 Å². The molecule has 0 aromatic heterocycles. The zero-order chi connectivity index (χ0) is 21.0. The molecule has 0 saturated carbocycles. The van der Waals surface area contributed by atoms with Crippen molar-refractivity contribution >= 4 is 21.6 Å². The first kappa shape index (κ1) is 21.2. The summed E-state index contributed by atoms with van der Waals surface area (Å²) in [5, 5.41) is 2.93. The van der Waals surface area contributed by atoms with Crippen LogP contribution in [-0.4, -0.2) is 34.2 Å². The van der Waals surface area contributed by atoms with Gasteiger partial charge in [0.1, 0.15) is 12.3 Å². The Bertz CT molecular complexity index is 988. The van der Waals surface area contributed by atoms with Gasteiger partial charge in [0.15, 0.2) is 0 Å². The summed E-state index contributed by atoms with van der Waals surface area (Å²) >= 11 is 0. The van der Waals surface area contributed by atoms with Gasteiger partial charge in [-0.1, -0.05) is 30.3 Å². The number of fused-ring (bicyclic) bond motifs is 1. The van der Waals surface area contributed by atoms with Crippen LogP contribution in [0, 0.1) is 0 Å². The Hall–Kier alpha value is -2.54. The second-order valence-electron chi connectivity index (χ2n) is 7.47. The lowest BCUT2D eigenvalue weighted by atomic mass is 9.89. The minimum atomic E-state index is -3.67. The molecule has 3 rings (SSSR count). The monoisotopic (exact) mass is 416 g/mol. The summed E-state index contributed by atoms with van der Waals surface area (Å²) in [6, 6.07) is 12.9. The van der Waals surface area contributed by atoms with Crippen molar-refractivity contribution in [2.24, 2.45) is 0 Å². The molecule has 1 atom stereocenters. The molecule has 7 heteroatoms. The second-order valence-corrected chi connectivity index (χ2v) is 9.37. The number of nitrogens with one attached hydrogen (secondary N) is 1. The van der Waals surface area contributed by atoms with Gasteiger partial charge < -0.3 is 10.1 Å². The Morgan fingerprint density at radius 3 is 2.52 bits per heavy atom. The van der Waals surface area contributed by atoms with Gasteiger partial charge >= 0.3 is 0 Å². The van der Waals surface area contributed by atoms with Crippen molar-refractivity contribution in [3.8, 4) is 5.75 Å². The molecule has 0 radical (unpaired) electrons. The standard InChI is InChI=1S/C22H28N2O4S/c1-16(18-13-12-17-8-4-5-9-19(17)14-18)23-22(25)15-24(29(3,26)27)20-10-6-7-11-21(20)28-2/h6-7,10-14,16H,4-5,8-9,15H2,1-3H3,(H,23,25). The van der Waals surface area contributed by atoms with E-state index in [-0.39, 0.29) is 18.5 Å². The molecule has 29 heavy (non-hydrogen) atoms. The van der Waals surface area contributed by atoms with E-state index in [1.807, 2.05) is 13.0 Å². The van der Waals surface area contributed by atoms with Gasteiger partial charge in [0.05, 0.1) is 25.1 Å². The van der Waals surface area contributed by atoms with E-state index in [0.29, 0.717) is 11.4 Å². The van der Waals surface area contributed by atoms with Crippen LogP contribution in [-0.2, 0) is 27.7 Å². The Balaban J connectivity index is 1.75. The number of benzene rings is 2. The summed E-state index contributed by atoms with van der Waals surface area (Å²) in [6.45, 7) is 1.60. The van der Waals surface area contributed by atoms with Crippen molar-refractivity contribution in [1.82, 2.24) is 5.32 Å². The molecule has 1 N–H and O–H groups in total. The van der Waals surface area contributed by atoms with E-state index >= 15 is 0 Å². The first-order chi connectivity index (χ1) is 13.8. The number of ether oxygens (including phenoxy) is 1. The predicted octanol–water partition coefficient (Wildman–Crippen LogP) is 3.22. The van der Waals surface area contributed by atoms with Crippen molar-refractivity contribution in [3.63, 3.8) is 0 Å². The van der Waals surface area contributed by atoms with Crippen LogP contribution in [0.2, 0.25) is 0 Å². The number of amides is 1. The number of methoxy groups -OCH3 is 1. The van der Waals surface area contributed by atoms with Gasteiger partial charge in [-0.15, -0.1) is 0 Å². The molecule has 0 saturated heterocycles. The van der Waals surface area contributed by atoms with Crippen LogP contribution in [0.4, 0.5) is 5.69 Å². The SMILES string of the molecule is COc1ccccc1N(CC(=O)NC(C)c1ccc2c(c1)CCCC2)S(C)(=O)=O. The van der Waals surface area contributed by atoms with Gasteiger partial charge in [-0.05, 0) is 61.4 Å². The zero-order valence-electron chi connectivity index (χ0n) is 17.1. The lowest BCUT2D eigenvalue weighted by Crippen LogP contribution is -2.41. The van der Waals surface area contributed by atoms with Crippen LogP contribution in [0.3, 0.4) is 0 Å². The van der Waals surface area contributed by atoms with Crippen LogP contribution in [0.25, 0.3) is 0 Å². The molecule has 6 nitrogen and oxygen atoms in total. The first-order valence-electron chi connectivity index (χ1n) is 9.81. The number of sulfonamides is 1. The van der Waals surface area contributed by atoms with E-state index in [9.17, 15) is 13.2 Å². The zero-order valence-corrected chi connectivity index (χ0v) is 18.0. The van der Waals surface area contributed by atoms with Crippen molar-refractivity contribution in [2.75, 3.05) is 24.2 Å². The third-order valence-corrected chi connectivity index (χ3v) is 6.42. The summed E-state index contributed by atoms with van der Waals surface area (Å²) in [4.78, 5) is 12.7. The molecule has 1 aliphatic carbocycles. The third kappa shape index (κ3) is 5.09. The average molecular weight is 417 g/mol. The Morgan fingerprint density at radius 1 is 1.14 bits per heavy atom. The number of aryl methyl sites for hydroxylation is 2. The van der Waals surface area contributed by atoms with Gasteiger partial charge in [0.2, 0.25) is 15.9 Å². The highest BCUT2D eigenvalue weighted by Gasteiger charge is 2.24. The Morgan fingerprint density at radius 2 is 1.83 bits per heavy atom. The maximum absolute atomic E-state index is 12.7. The lowest BCUT2D eigenvalue weighted by molar-refractivity contribution is -0.120. The fraction of sp³-hybridized carbons (Fsp3) is 0.409. The Labute approximate surface area is 172 Å². The summed E-state index contributed by atoms with van der Waals surface area (Å²) in [5.41, 5.74) is 4.11. The molecule has 156 valence electrons. The number of hydrogen-bond donors (Lipinski definition) is 1. The summed E-state index contributed by atoms with van der Waals surface area (Å²) in [5.74, 6) is 0.0278. The topological polar surface area (TPSA) is 75.7 Å². The van der Waals surface area contributed by atoms with Crippen molar-refractivity contribution in [3.05, 3.63) is 59.2 Å². The highest BCUT2D eigenvalue weighted by Crippen LogP contribution is 2.29. The van der Waals surface area contributed by atoms with E-state index in [1.54, 1.807) is 24.3 Å². The highest BCUT2D eigenvalue weighted by molar-refractivity contribution is 7.92. The minimum absolute atomic E-state index is 0.214. The number of para-hydroxylation sites is 2. The number of nitrogens with zero attached hydrogens (tertiary/aromatic N) is 1. The molecular weight excluding hydrogens is 388 g/mol. The van der Waals surface area contributed by atoms with Gasteiger partial charge in [-0.3, -0.25) is 9.10 Å². The quantitative estimate of drug-likeness (QED) is 0.752. The van der Waals surface area contributed by atoms with Crippen LogP contribution >= 0.6 is 0 Å². The molecule has 1 aliphatic rings. The number of carbonyl (C=O) groups is 1. The van der Waals surface area contributed by atoms with Gasteiger partial charge in [-0.25, -0.2) is 8.42 Å².